The van der Waals surface area contributed by atoms with Crippen molar-refractivity contribution in [3.05, 3.63) is 144 Å². The minimum atomic E-state index is -1.48. The van der Waals surface area contributed by atoms with Crippen LogP contribution in [-0.2, 0) is 64.6 Å². The molecule has 0 saturated heterocycles. The second-order valence-corrected chi connectivity index (χ2v) is 10.6. The second-order valence-electron chi connectivity index (χ2n) is 10.6. The zero-order valence-corrected chi connectivity index (χ0v) is 26.1. The molecule has 0 bridgehead atoms. The molecule has 0 aliphatic carbocycles. The van der Waals surface area contributed by atoms with Crippen LogP contribution in [0, 0.1) is 0 Å². The maximum Gasteiger partial charge on any atom is 0.408 e. The molecule has 0 heterocycles. The summed E-state index contributed by atoms with van der Waals surface area (Å²) in [6.07, 6.45) is -2.13. The average molecular weight is 653 g/mol. The van der Waals surface area contributed by atoms with Gasteiger partial charge in [0.2, 0.25) is 5.91 Å². The highest BCUT2D eigenvalue weighted by atomic mass is 16.6. The number of alkyl carbamates (subject to hydrolysis) is 1. The Morgan fingerprint density at radius 3 is 1.21 bits per heavy atom. The Morgan fingerprint density at radius 1 is 0.438 bits per heavy atom. The van der Waals surface area contributed by atoms with Gasteiger partial charge in [0, 0.05) is 0 Å². The van der Waals surface area contributed by atoms with Gasteiger partial charge in [-0.05, 0) is 22.3 Å². The molecule has 0 fully saturated rings. The molecular weight excluding hydrogens is 616 g/mol. The van der Waals surface area contributed by atoms with Crippen LogP contribution >= 0.6 is 0 Å². The standard InChI is InChI=1S/C37H36N2O9/c40-33(21-31(35(42)46-24-28-15-7-2-8-16-28)39-37(44)48-26-30-19-11-4-12-20-30)38-32(36(43)47-25-29-17-9-3-10-18-29)22-34(41)45-23-27-13-5-1-6-14-27/h1-20,31-32H,21-26H2,(H,38,40)(H,39,44)/t31-,32-/m0/s1. The Labute approximate surface area is 278 Å². The zero-order chi connectivity index (χ0) is 34.0. The van der Waals surface area contributed by atoms with E-state index < -0.39 is 54.8 Å². The lowest BCUT2D eigenvalue weighted by Gasteiger charge is -2.20. The minimum absolute atomic E-state index is 0.0380. The highest BCUT2D eigenvalue weighted by molar-refractivity contribution is 5.91. The fourth-order valence-corrected chi connectivity index (χ4v) is 4.35. The number of hydrogen-bond acceptors (Lipinski definition) is 9. The van der Waals surface area contributed by atoms with Gasteiger partial charge in [0.05, 0.1) is 12.8 Å². The van der Waals surface area contributed by atoms with E-state index in [1.54, 1.807) is 97.1 Å². The van der Waals surface area contributed by atoms with Gasteiger partial charge in [-0.15, -0.1) is 0 Å². The van der Waals surface area contributed by atoms with Gasteiger partial charge < -0.3 is 29.6 Å². The number of rotatable bonds is 16. The van der Waals surface area contributed by atoms with Crippen molar-refractivity contribution in [2.75, 3.05) is 0 Å². The van der Waals surface area contributed by atoms with E-state index in [9.17, 15) is 24.0 Å². The quantitative estimate of drug-likeness (QED) is 0.129. The number of benzene rings is 4. The molecule has 48 heavy (non-hydrogen) atoms. The van der Waals surface area contributed by atoms with Crippen molar-refractivity contribution < 1.29 is 42.9 Å². The maximum atomic E-state index is 13.3. The zero-order valence-electron chi connectivity index (χ0n) is 26.1. The summed E-state index contributed by atoms with van der Waals surface area (Å²) in [7, 11) is 0. The molecule has 0 saturated carbocycles. The van der Waals surface area contributed by atoms with Crippen LogP contribution in [0.1, 0.15) is 35.1 Å². The number of nitrogens with one attached hydrogen (secondary N) is 2. The van der Waals surface area contributed by atoms with Crippen molar-refractivity contribution in [3.63, 3.8) is 0 Å². The first-order valence-corrected chi connectivity index (χ1v) is 15.2. The Bertz CT molecular complexity index is 1500. The van der Waals surface area contributed by atoms with Gasteiger partial charge in [0.25, 0.3) is 0 Å². The molecule has 0 aliphatic heterocycles. The molecule has 4 aromatic carbocycles. The van der Waals surface area contributed by atoms with Crippen LogP contribution in [0.3, 0.4) is 0 Å². The molecule has 0 unspecified atom stereocenters. The van der Waals surface area contributed by atoms with E-state index in [-0.39, 0.29) is 26.4 Å². The summed E-state index contributed by atoms with van der Waals surface area (Å²) < 4.78 is 21.3. The summed E-state index contributed by atoms with van der Waals surface area (Å²) in [5.41, 5.74) is 2.84. The summed E-state index contributed by atoms with van der Waals surface area (Å²) in [5.74, 6) is -3.39. The molecule has 4 aromatic rings. The highest BCUT2D eigenvalue weighted by Gasteiger charge is 2.31. The van der Waals surface area contributed by atoms with E-state index in [1.165, 1.54) is 0 Å². The van der Waals surface area contributed by atoms with Crippen molar-refractivity contribution in [3.8, 4) is 0 Å². The minimum Gasteiger partial charge on any atom is -0.461 e. The van der Waals surface area contributed by atoms with Gasteiger partial charge in [-0.3, -0.25) is 9.59 Å². The van der Waals surface area contributed by atoms with Crippen LogP contribution in [-0.4, -0.2) is 42.0 Å². The van der Waals surface area contributed by atoms with Crippen LogP contribution in [0.25, 0.3) is 0 Å². The first kappa shape index (κ1) is 34.9. The molecule has 11 heteroatoms. The molecule has 248 valence electrons. The monoisotopic (exact) mass is 652 g/mol. The molecule has 4 rings (SSSR count). The van der Waals surface area contributed by atoms with Crippen LogP contribution < -0.4 is 10.6 Å². The third-order valence-electron chi connectivity index (χ3n) is 6.86. The fraction of sp³-hybridized carbons (Fsp3) is 0.216. The number of carbonyl (C=O) groups is 5. The lowest BCUT2D eigenvalue weighted by atomic mass is 10.1. The Hall–Kier alpha value is -5.97. The lowest BCUT2D eigenvalue weighted by Crippen LogP contribution is -2.48. The van der Waals surface area contributed by atoms with E-state index >= 15 is 0 Å². The van der Waals surface area contributed by atoms with Gasteiger partial charge >= 0.3 is 24.0 Å². The molecule has 0 aliphatic rings. The first-order valence-electron chi connectivity index (χ1n) is 15.2. The Balaban J connectivity index is 1.42. The second kappa shape index (κ2) is 18.9. The van der Waals surface area contributed by atoms with Crippen LogP contribution in [0.5, 0.6) is 0 Å². The molecule has 0 radical (unpaired) electrons. The van der Waals surface area contributed by atoms with Crippen molar-refractivity contribution >= 4 is 29.9 Å². The SMILES string of the molecule is O=C(C[C@H](NC(=O)OCc1ccccc1)C(=O)OCc1ccccc1)N[C@@H](CC(=O)OCc1ccccc1)C(=O)OCc1ccccc1. The highest BCUT2D eigenvalue weighted by Crippen LogP contribution is 2.10. The molecular formula is C37H36N2O9. The number of carbonyl (C=O) groups excluding carboxylic acids is 5. The summed E-state index contributed by atoms with van der Waals surface area (Å²) in [5, 5.41) is 4.84. The van der Waals surface area contributed by atoms with Gasteiger partial charge in [-0.1, -0.05) is 121 Å². The summed E-state index contributed by atoms with van der Waals surface area (Å²) in [4.78, 5) is 64.9. The van der Waals surface area contributed by atoms with E-state index in [1.807, 2.05) is 24.3 Å². The number of esters is 3. The predicted octanol–water partition coefficient (Wildman–Crippen LogP) is 4.78. The Kier molecular flexibility index (Phi) is 13.7. The summed E-state index contributed by atoms with van der Waals surface area (Å²) in [6.45, 7) is -0.330. The van der Waals surface area contributed by atoms with Gasteiger partial charge in [-0.25, -0.2) is 14.4 Å². The number of ether oxygens (including phenoxy) is 4. The van der Waals surface area contributed by atoms with E-state index in [2.05, 4.69) is 10.6 Å². The van der Waals surface area contributed by atoms with Crippen LogP contribution in [0.15, 0.2) is 121 Å². The molecule has 2 amide bonds. The summed E-state index contributed by atoms with van der Waals surface area (Å²) in [6, 6.07) is 32.6. The Morgan fingerprint density at radius 2 is 0.792 bits per heavy atom. The third-order valence-corrected chi connectivity index (χ3v) is 6.86. The van der Waals surface area contributed by atoms with Crippen LogP contribution in [0.2, 0.25) is 0 Å². The third kappa shape index (κ3) is 12.4. The lowest BCUT2D eigenvalue weighted by molar-refractivity contribution is -0.155. The van der Waals surface area contributed by atoms with Gasteiger partial charge in [0.1, 0.15) is 38.5 Å². The van der Waals surface area contributed by atoms with E-state index in [0.717, 1.165) is 5.56 Å². The van der Waals surface area contributed by atoms with Crippen molar-refractivity contribution in [2.45, 2.75) is 51.4 Å². The van der Waals surface area contributed by atoms with Crippen LogP contribution in [0.4, 0.5) is 4.79 Å². The molecule has 11 nitrogen and oxygen atoms in total. The number of hydrogen-bond donors (Lipinski definition) is 2. The van der Waals surface area contributed by atoms with E-state index in [0.29, 0.717) is 16.7 Å². The van der Waals surface area contributed by atoms with Gasteiger partial charge in [0.15, 0.2) is 0 Å². The molecule has 2 atom stereocenters. The fourth-order valence-electron chi connectivity index (χ4n) is 4.35. The molecule has 0 aromatic heterocycles. The van der Waals surface area contributed by atoms with Gasteiger partial charge in [-0.2, -0.15) is 0 Å². The first-order chi connectivity index (χ1) is 23.4. The average Bonchev–Trinajstić information content (AvgIpc) is 3.12. The van der Waals surface area contributed by atoms with Crippen molar-refractivity contribution in [1.82, 2.24) is 10.6 Å². The smallest absolute Gasteiger partial charge is 0.408 e. The normalized spacial score (nSPS) is 11.7. The van der Waals surface area contributed by atoms with E-state index in [4.69, 9.17) is 18.9 Å². The summed E-state index contributed by atoms with van der Waals surface area (Å²) >= 11 is 0. The van der Waals surface area contributed by atoms with Crippen molar-refractivity contribution in [1.29, 1.82) is 0 Å². The number of amides is 2. The topological polar surface area (TPSA) is 146 Å². The van der Waals surface area contributed by atoms with Crippen molar-refractivity contribution in [2.24, 2.45) is 0 Å². The maximum absolute atomic E-state index is 13.3. The predicted molar refractivity (Wildman–Crippen MR) is 173 cm³/mol. The largest absolute Gasteiger partial charge is 0.461 e. The molecule has 0 spiro atoms. The molecule has 2 N–H and O–H groups in total.